The molecule has 1 fully saturated rings. The lowest BCUT2D eigenvalue weighted by Gasteiger charge is -2.20. The second kappa shape index (κ2) is 12.8. The van der Waals surface area contributed by atoms with Crippen LogP contribution in [-0.4, -0.2) is 51.3 Å². The molecule has 0 spiro atoms. The quantitative estimate of drug-likeness (QED) is 0.200. The highest BCUT2D eigenvalue weighted by atomic mass is 127. The van der Waals surface area contributed by atoms with Gasteiger partial charge in [0.15, 0.2) is 5.96 Å². The summed E-state index contributed by atoms with van der Waals surface area (Å²) >= 11 is 0. The minimum atomic E-state index is -0.152. The smallest absolute Gasteiger partial charge is 0.305 e. The van der Waals surface area contributed by atoms with E-state index in [1.807, 2.05) is 6.07 Å². The number of guanidine groups is 1. The maximum absolute atomic E-state index is 11.1. The molecule has 0 radical (unpaired) electrons. The number of nitrogens with one attached hydrogen (secondary N) is 2. The summed E-state index contributed by atoms with van der Waals surface area (Å²) in [6.07, 6.45) is 3.25. The van der Waals surface area contributed by atoms with Gasteiger partial charge in [-0.25, -0.2) is 0 Å². The number of anilines is 1. The Morgan fingerprint density at radius 2 is 2.08 bits per heavy atom. The molecule has 7 heteroatoms. The van der Waals surface area contributed by atoms with E-state index in [0.717, 1.165) is 44.9 Å². The van der Waals surface area contributed by atoms with E-state index in [1.54, 1.807) is 0 Å². The van der Waals surface area contributed by atoms with E-state index in [-0.39, 0.29) is 29.9 Å². The summed E-state index contributed by atoms with van der Waals surface area (Å²) in [6, 6.07) is 10.9. The van der Waals surface area contributed by atoms with Crippen molar-refractivity contribution in [1.29, 1.82) is 0 Å². The third kappa shape index (κ3) is 7.80. The molecule has 1 heterocycles. The summed E-state index contributed by atoms with van der Waals surface area (Å²) < 4.78 is 4.65. The molecule has 0 aliphatic carbocycles. The minimum absolute atomic E-state index is 0. The first-order valence-electron chi connectivity index (χ1n) is 9.14. The van der Waals surface area contributed by atoms with Gasteiger partial charge in [-0.15, -0.1) is 24.0 Å². The van der Waals surface area contributed by atoms with Crippen molar-refractivity contribution in [2.24, 2.45) is 4.99 Å². The van der Waals surface area contributed by atoms with Gasteiger partial charge in [-0.1, -0.05) is 18.2 Å². The molecule has 1 aliphatic rings. The summed E-state index contributed by atoms with van der Waals surface area (Å²) in [4.78, 5) is 18.1. The molecule has 1 saturated heterocycles. The van der Waals surface area contributed by atoms with Crippen molar-refractivity contribution >= 4 is 41.6 Å². The molecular weight excluding hydrogens is 443 g/mol. The summed E-state index contributed by atoms with van der Waals surface area (Å²) in [5.74, 6) is 0.710. The number of ether oxygens (including phenoxy) is 1. The van der Waals surface area contributed by atoms with Gasteiger partial charge in [0, 0.05) is 44.3 Å². The molecule has 26 heavy (non-hydrogen) atoms. The Morgan fingerprint density at radius 3 is 2.77 bits per heavy atom. The largest absolute Gasteiger partial charge is 0.469 e. The molecule has 0 amide bonds. The van der Waals surface area contributed by atoms with E-state index in [9.17, 15) is 4.79 Å². The van der Waals surface area contributed by atoms with Crippen LogP contribution < -0.4 is 15.5 Å². The highest BCUT2D eigenvalue weighted by molar-refractivity contribution is 14.0. The number of nitrogens with zero attached hydrogens (tertiary/aromatic N) is 2. The molecule has 6 nitrogen and oxygen atoms in total. The molecule has 1 unspecified atom stereocenters. The van der Waals surface area contributed by atoms with Crippen LogP contribution in [0.5, 0.6) is 0 Å². The molecule has 2 rings (SSSR count). The predicted octanol–water partition coefficient (Wildman–Crippen LogP) is 2.78. The Balaban J connectivity index is 0.00000338. The van der Waals surface area contributed by atoms with E-state index in [4.69, 9.17) is 0 Å². The zero-order valence-corrected chi connectivity index (χ0v) is 18.1. The number of halogens is 1. The normalized spacial score (nSPS) is 16.8. The van der Waals surface area contributed by atoms with Crippen LogP contribution in [-0.2, 0) is 9.53 Å². The summed E-state index contributed by atoms with van der Waals surface area (Å²) in [5, 5.41) is 6.84. The van der Waals surface area contributed by atoms with Crippen molar-refractivity contribution < 1.29 is 9.53 Å². The van der Waals surface area contributed by atoms with Gasteiger partial charge in [0.05, 0.1) is 7.11 Å². The maximum Gasteiger partial charge on any atom is 0.305 e. The Morgan fingerprint density at radius 1 is 1.31 bits per heavy atom. The third-order valence-electron chi connectivity index (χ3n) is 4.28. The zero-order valence-electron chi connectivity index (χ0n) is 15.7. The van der Waals surface area contributed by atoms with Crippen molar-refractivity contribution in [3.05, 3.63) is 30.3 Å². The van der Waals surface area contributed by atoms with E-state index >= 15 is 0 Å². The van der Waals surface area contributed by atoms with Gasteiger partial charge in [-0.05, 0) is 38.3 Å². The van der Waals surface area contributed by atoms with Crippen LogP contribution in [0.25, 0.3) is 0 Å². The van der Waals surface area contributed by atoms with Crippen LogP contribution in [0.3, 0.4) is 0 Å². The van der Waals surface area contributed by atoms with Crippen LogP contribution in [0, 0.1) is 0 Å². The Bertz CT molecular complexity index is 554. The van der Waals surface area contributed by atoms with Crippen molar-refractivity contribution in [1.82, 2.24) is 10.6 Å². The third-order valence-corrected chi connectivity index (χ3v) is 4.28. The molecular formula is C19H31IN4O2. The van der Waals surface area contributed by atoms with E-state index in [1.165, 1.54) is 12.8 Å². The lowest BCUT2D eigenvalue weighted by molar-refractivity contribution is -0.140. The van der Waals surface area contributed by atoms with Crippen molar-refractivity contribution in [3.63, 3.8) is 0 Å². The maximum atomic E-state index is 11.1. The first-order valence-corrected chi connectivity index (χ1v) is 9.14. The SMILES string of the molecule is CCNC(=NCCCCC(=O)OC)NC1CCN(c2ccccc2)C1.I. The molecule has 0 bridgehead atoms. The molecule has 0 aromatic heterocycles. The van der Waals surface area contributed by atoms with E-state index in [2.05, 4.69) is 56.5 Å². The average molecular weight is 474 g/mol. The van der Waals surface area contributed by atoms with E-state index in [0.29, 0.717) is 19.0 Å². The lowest BCUT2D eigenvalue weighted by atomic mass is 10.2. The van der Waals surface area contributed by atoms with Crippen LogP contribution in [0.15, 0.2) is 35.3 Å². The fourth-order valence-corrected chi connectivity index (χ4v) is 2.94. The van der Waals surface area contributed by atoms with Gasteiger partial charge < -0.3 is 20.3 Å². The van der Waals surface area contributed by atoms with Gasteiger partial charge in [0.2, 0.25) is 0 Å². The highest BCUT2D eigenvalue weighted by Gasteiger charge is 2.23. The first-order chi connectivity index (χ1) is 12.2. The molecule has 1 aromatic rings. The topological polar surface area (TPSA) is 66.0 Å². The number of esters is 1. The molecule has 146 valence electrons. The van der Waals surface area contributed by atoms with Gasteiger partial charge in [-0.3, -0.25) is 9.79 Å². The minimum Gasteiger partial charge on any atom is -0.469 e. The van der Waals surface area contributed by atoms with Gasteiger partial charge >= 0.3 is 5.97 Å². The summed E-state index contributed by atoms with van der Waals surface area (Å²) in [6.45, 7) is 5.65. The number of unbranched alkanes of at least 4 members (excludes halogenated alkanes) is 1. The van der Waals surface area contributed by atoms with Crippen molar-refractivity contribution in [2.45, 2.75) is 38.6 Å². The first kappa shape index (κ1) is 22.5. The van der Waals surface area contributed by atoms with Crippen LogP contribution >= 0.6 is 24.0 Å². The summed E-state index contributed by atoms with van der Waals surface area (Å²) in [5.41, 5.74) is 1.27. The number of hydrogen-bond acceptors (Lipinski definition) is 4. The highest BCUT2D eigenvalue weighted by Crippen LogP contribution is 2.19. The van der Waals surface area contributed by atoms with Crippen molar-refractivity contribution in [2.75, 3.05) is 38.2 Å². The molecule has 0 saturated carbocycles. The van der Waals surface area contributed by atoms with Crippen LogP contribution in [0.4, 0.5) is 5.69 Å². The number of aliphatic imine (C=N–C) groups is 1. The standard InChI is InChI=1S/C19H30N4O2.HI/c1-3-20-19(21-13-8-7-11-18(24)25-2)22-16-12-14-23(15-16)17-9-5-4-6-10-17;/h4-6,9-10,16H,3,7-8,11-15H2,1-2H3,(H2,20,21,22);1H. The number of hydrogen-bond donors (Lipinski definition) is 2. The van der Waals surface area contributed by atoms with Crippen LogP contribution in [0.2, 0.25) is 0 Å². The zero-order chi connectivity index (χ0) is 17.9. The molecule has 1 aromatic carbocycles. The van der Waals surface area contributed by atoms with Gasteiger partial charge in [-0.2, -0.15) is 0 Å². The molecule has 2 N–H and O–H groups in total. The fourth-order valence-electron chi connectivity index (χ4n) is 2.94. The second-order valence-corrected chi connectivity index (χ2v) is 6.21. The van der Waals surface area contributed by atoms with Gasteiger partial charge in [0.1, 0.15) is 0 Å². The number of rotatable bonds is 8. The number of carbonyl (C=O) groups is 1. The average Bonchev–Trinajstić information content (AvgIpc) is 3.10. The second-order valence-electron chi connectivity index (χ2n) is 6.21. The summed E-state index contributed by atoms with van der Waals surface area (Å²) in [7, 11) is 1.42. The number of carbonyl (C=O) groups excluding carboxylic acids is 1. The monoisotopic (exact) mass is 474 g/mol. The fraction of sp³-hybridized carbons (Fsp3) is 0.579. The lowest BCUT2D eigenvalue weighted by Crippen LogP contribution is -2.44. The Labute approximate surface area is 173 Å². The number of methoxy groups -OCH3 is 1. The van der Waals surface area contributed by atoms with Gasteiger partial charge in [0.25, 0.3) is 0 Å². The molecule has 1 atom stereocenters. The predicted molar refractivity (Wildman–Crippen MR) is 117 cm³/mol. The van der Waals surface area contributed by atoms with Crippen LogP contribution in [0.1, 0.15) is 32.6 Å². The Kier molecular flexibility index (Phi) is 11.1. The number of para-hydroxylation sites is 1. The molecule has 1 aliphatic heterocycles. The van der Waals surface area contributed by atoms with E-state index < -0.39 is 0 Å². The Hall–Kier alpha value is -1.51. The van der Waals surface area contributed by atoms with Crippen molar-refractivity contribution in [3.8, 4) is 0 Å². The number of benzene rings is 1.